The van der Waals surface area contributed by atoms with E-state index in [1.54, 1.807) is 19.2 Å². The first-order valence-corrected chi connectivity index (χ1v) is 4.30. The van der Waals surface area contributed by atoms with Gasteiger partial charge in [-0.2, -0.15) is 0 Å². The predicted octanol–water partition coefficient (Wildman–Crippen LogP) is 1.94. The van der Waals surface area contributed by atoms with Gasteiger partial charge in [-0.25, -0.2) is 4.79 Å². The van der Waals surface area contributed by atoms with E-state index in [1.807, 2.05) is 0 Å². The van der Waals surface area contributed by atoms with Crippen molar-refractivity contribution in [2.24, 2.45) is 5.16 Å². The topological polar surface area (TPSA) is 51.5 Å². The summed E-state index contributed by atoms with van der Waals surface area (Å²) in [7, 11) is 0. The fourth-order valence-electron chi connectivity index (χ4n) is 0.753. The lowest BCUT2D eigenvalue weighted by molar-refractivity contribution is -0.140. The number of hydrogen-bond acceptors (Lipinski definition) is 4. The molecule has 0 saturated heterocycles. The van der Waals surface area contributed by atoms with Gasteiger partial charge in [-0.15, -0.1) is 0 Å². The van der Waals surface area contributed by atoms with Crippen molar-refractivity contribution in [1.29, 1.82) is 0 Å². The average Bonchev–Trinajstić information content (AvgIpc) is 2.10. The zero-order valence-electron chi connectivity index (χ0n) is 7.82. The van der Waals surface area contributed by atoms with Gasteiger partial charge >= 0.3 is 5.97 Å². The normalized spacial score (nSPS) is 10.5. The van der Waals surface area contributed by atoms with Gasteiger partial charge in [0.05, 0.1) is 16.9 Å². The highest BCUT2D eigenvalue weighted by atomic mass is 35.5. The minimum absolute atomic E-state index is 0.465. The van der Waals surface area contributed by atoms with Crippen LogP contribution in [0.4, 0.5) is 0 Å². The second-order valence-electron chi connectivity index (χ2n) is 2.65. The first-order valence-electron chi connectivity index (χ1n) is 3.92. The first-order chi connectivity index (χ1) is 6.59. The summed E-state index contributed by atoms with van der Waals surface area (Å²) < 4.78 is 0. The van der Waals surface area contributed by atoms with Crippen LogP contribution in [0.5, 0.6) is 0 Å². The molecular formula is C9H9ClN2O2. The van der Waals surface area contributed by atoms with Crippen LogP contribution in [0.15, 0.2) is 17.4 Å². The molecule has 14 heavy (non-hydrogen) atoms. The fourth-order valence-corrected chi connectivity index (χ4v) is 0.928. The molecule has 0 unspecified atom stereocenters. The van der Waals surface area contributed by atoms with Gasteiger partial charge in [0, 0.05) is 18.7 Å². The highest BCUT2D eigenvalue weighted by molar-refractivity contribution is 6.31. The smallest absolute Gasteiger partial charge is 0.319 e. The Hall–Kier alpha value is -1.42. The zero-order valence-corrected chi connectivity index (χ0v) is 8.58. The van der Waals surface area contributed by atoms with E-state index in [0.29, 0.717) is 10.6 Å². The number of aryl methyl sites for hydroxylation is 1. The molecule has 1 aromatic rings. The van der Waals surface area contributed by atoms with Crippen molar-refractivity contribution < 1.29 is 9.63 Å². The van der Waals surface area contributed by atoms with E-state index >= 15 is 0 Å². The fraction of sp³-hybridized carbons (Fsp3) is 0.222. The Labute approximate surface area is 86.5 Å². The molecule has 0 aliphatic carbocycles. The SMILES string of the molecule is CC(=O)O/N=C/c1cnc(C)c(Cl)c1. The second kappa shape index (κ2) is 4.72. The molecule has 0 fully saturated rings. The molecular weight excluding hydrogens is 204 g/mol. The van der Waals surface area contributed by atoms with Crippen molar-refractivity contribution in [3.05, 3.63) is 28.5 Å². The molecule has 74 valence electrons. The van der Waals surface area contributed by atoms with Crippen molar-refractivity contribution in [2.75, 3.05) is 0 Å². The van der Waals surface area contributed by atoms with Crippen molar-refractivity contribution >= 4 is 23.8 Å². The Morgan fingerprint density at radius 1 is 1.71 bits per heavy atom. The van der Waals surface area contributed by atoms with E-state index in [2.05, 4.69) is 15.0 Å². The largest absolute Gasteiger partial charge is 0.331 e. The summed E-state index contributed by atoms with van der Waals surface area (Å²) in [5, 5.41) is 3.99. The Morgan fingerprint density at radius 2 is 2.43 bits per heavy atom. The van der Waals surface area contributed by atoms with Crippen molar-refractivity contribution in [1.82, 2.24) is 4.98 Å². The van der Waals surface area contributed by atoms with Gasteiger partial charge in [-0.1, -0.05) is 16.8 Å². The number of hydrogen-bond donors (Lipinski definition) is 0. The quantitative estimate of drug-likeness (QED) is 0.428. The summed E-state index contributed by atoms with van der Waals surface area (Å²) in [6, 6.07) is 1.69. The van der Waals surface area contributed by atoms with E-state index < -0.39 is 5.97 Å². The molecule has 4 nitrogen and oxygen atoms in total. The summed E-state index contributed by atoms with van der Waals surface area (Å²) in [6.45, 7) is 3.08. The predicted molar refractivity (Wildman–Crippen MR) is 53.3 cm³/mol. The van der Waals surface area contributed by atoms with Gasteiger partial charge in [0.25, 0.3) is 0 Å². The van der Waals surface area contributed by atoms with Crippen molar-refractivity contribution in [3.63, 3.8) is 0 Å². The van der Waals surface area contributed by atoms with Gasteiger partial charge in [-0.3, -0.25) is 4.98 Å². The molecule has 0 N–H and O–H groups in total. The van der Waals surface area contributed by atoms with E-state index in [1.165, 1.54) is 13.1 Å². The molecule has 0 saturated carbocycles. The third-order valence-electron chi connectivity index (χ3n) is 1.43. The minimum atomic E-state index is -0.465. The minimum Gasteiger partial charge on any atom is -0.319 e. The van der Waals surface area contributed by atoms with E-state index in [-0.39, 0.29) is 0 Å². The molecule has 0 spiro atoms. The van der Waals surface area contributed by atoms with Crippen LogP contribution in [0.3, 0.4) is 0 Å². The molecule has 0 aliphatic rings. The van der Waals surface area contributed by atoms with Crippen LogP contribution in [0, 0.1) is 6.92 Å². The van der Waals surface area contributed by atoms with Crippen LogP contribution in [0.2, 0.25) is 5.02 Å². The molecule has 0 aliphatic heterocycles. The van der Waals surface area contributed by atoms with Crippen LogP contribution in [-0.4, -0.2) is 17.2 Å². The van der Waals surface area contributed by atoms with Crippen LogP contribution < -0.4 is 0 Å². The van der Waals surface area contributed by atoms with E-state index in [0.717, 1.165) is 5.69 Å². The van der Waals surface area contributed by atoms with E-state index in [9.17, 15) is 4.79 Å². The maximum absolute atomic E-state index is 10.4. The number of pyridine rings is 1. The molecule has 0 atom stereocenters. The molecule has 1 rings (SSSR count). The summed E-state index contributed by atoms with van der Waals surface area (Å²) in [4.78, 5) is 18.8. The lowest BCUT2D eigenvalue weighted by Gasteiger charge is -1.96. The standard InChI is InChI=1S/C9H9ClN2O2/c1-6-9(10)3-8(4-11-6)5-12-14-7(2)13/h3-5H,1-2H3/b12-5+. The first kappa shape index (κ1) is 10.7. The van der Waals surface area contributed by atoms with Crippen LogP contribution >= 0.6 is 11.6 Å². The van der Waals surface area contributed by atoms with Gasteiger partial charge in [0.1, 0.15) is 0 Å². The lowest BCUT2D eigenvalue weighted by Crippen LogP contribution is -1.93. The Balaban J connectivity index is 2.73. The number of halogens is 1. The zero-order chi connectivity index (χ0) is 10.6. The molecule has 0 bridgehead atoms. The third kappa shape index (κ3) is 3.14. The van der Waals surface area contributed by atoms with Crippen LogP contribution in [0.1, 0.15) is 18.2 Å². The highest BCUT2D eigenvalue weighted by Gasteiger charge is 1.97. The Kier molecular flexibility index (Phi) is 3.59. The molecule has 1 heterocycles. The molecule has 0 amide bonds. The summed E-state index contributed by atoms with van der Waals surface area (Å²) >= 11 is 5.82. The molecule has 1 aromatic heterocycles. The maximum Gasteiger partial charge on any atom is 0.331 e. The Morgan fingerprint density at radius 3 is 3.00 bits per heavy atom. The number of carbonyl (C=O) groups excluding carboxylic acids is 1. The van der Waals surface area contributed by atoms with Crippen LogP contribution in [0.25, 0.3) is 0 Å². The summed E-state index contributed by atoms with van der Waals surface area (Å²) in [6.07, 6.45) is 2.97. The van der Waals surface area contributed by atoms with E-state index in [4.69, 9.17) is 11.6 Å². The lowest BCUT2D eigenvalue weighted by atomic mass is 10.3. The third-order valence-corrected chi connectivity index (χ3v) is 1.81. The molecule has 0 aromatic carbocycles. The number of oxime groups is 1. The number of carbonyl (C=O) groups is 1. The highest BCUT2D eigenvalue weighted by Crippen LogP contribution is 2.12. The van der Waals surface area contributed by atoms with Gasteiger partial charge < -0.3 is 4.84 Å². The second-order valence-corrected chi connectivity index (χ2v) is 3.06. The number of aromatic nitrogens is 1. The summed E-state index contributed by atoms with van der Waals surface area (Å²) in [5.74, 6) is -0.465. The van der Waals surface area contributed by atoms with Gasteiger partial charge in [0.15, 0.2) is 0 Å². The Bertz CT molecular complexity index is 377. The van der Waals surface area contributed by atoms with Gasteiger partial charge in [-0.05, 0) is 13.0 Å². The summed E-state index contributed by atoms with van der Waals surface area (Å²) in [5.41, 5.74) is 1.43. The average molecular weight is 213 g/mol. The van der Waals surface area contributed by atoms with Gasteiger partial charge in [0.2, 0.25) is 0 Å². The number of nitrogens with zero attached hydrogens (tertiary/aromatic N) is 2. The van der Waals surface area contributed by atoms with Crippen LogP contribution in [-0.2, 0) is 9.63 Å². The monoisotopic (exact) mass is 212 g/mol. The maximum atomic E-state index is 10.4. The van der Waals surface area contributed by atoms with Crippen molar-refractivity contribution in [3.8, 4) is 0 Å². The number of rotatable bonds is 2. The molecule has 0 radical (unpaired) electrons. The molecule has 5 heteroatoms. The van der Waals surface area contributed by atoms with Crippen molar-refractivity contribution in [2.45, 2.75) is 13.8 Å².